The van der Waals surface area contributed by atoms with Crippen LogP contribution in [0.4, 0.5) is 5.82 Å². The first-order chi connectivity index (χ1) is 13.8. The summed E-state index contributed by atoms with van der Waals surface area (Å²) in [4.78, 5) is 23.3. The third kappa shape index (κ3) is 5.34. The lowest BCUT2D eigenvalue weighted by atomic mass is 9.83. The van der Waals surface area contributed by atoms with Crippen LogP contribution in [0, 0.1) is 19.8 Å². The maximum Gasteiger partial charge on any atom is 0.223 e. The fourth-order valence-electron chi connectivity index (χ4n) is 4.10. The molecule has 0 spiro atoms. The van der Waals surface area contributed by atoms with E-state index in [1.807, 2.05) is 0 Å². The zero-order valence-electron chi connectivity index (χ0n) is 18.5. The molecular weight excluding hydrogens is 360 g/mol. The fraction of sp³-hybridized carbons (Fsp3) is 0.542. The van der Waals surface area contributed by atoms with Crippen LogP contribution in [0.3, 0.4) is 0 Å². The van der Waals surface area contributed by atoms with Crippen LogP contribution in [0.5, 0.6) is 0 Å². The molecule has 0 unspecified atom stereocenters. The summed E-state index contributed by atoms with van der Waals surface area (Å²) >= 11 is 0. The summed E-state index contributed by atoms with van der Waals surface area (Å²) in [6, 6.07) is 4.60. The van der Waals surface area contributed by atoms with Gasteiger partial charge in [0, 0.05) is 37.9 Å². The molecule has 5 heteroatoms. The Morgan fingerprint density at radius 1 is 1.14 bits per heavy atom. The van der Waals surface area contributed by atoms with Crippen molar-refractivity contribution in [3.63, 3.8) is 0 Å². The highest BCUT2D eigenvalue weighted by molar-refractivity contribution is 5.79. The normalized spacial score (nSPS) is 15.4. The van der Waals surface area contributed by atoms with Crippen LogP contribution in [0.1, 0.15) is 55.9 Å². The molecule has 1 aromatic carbocycles. The summed E-state index contributed by atoms with van der Waals surface area (Å²) in [5.41, 5.74) is 5.52. The predicted octanol–water partition coefficient (Wildman–Crippen LogP) is 3.97. The molecule has 156 valence electrons. The summed E-state index contributed by atoms with van der Waals surface area (Å²) in [5, 5.41) is 3.17. The second-order valence-corrected chi connectivity index (χ2v) is 9.20. The molecule has 1 saturated heterocycles. The average molecular weight is 395 g/mol. The van der Waals surface area contributed by atoms with Gasteiger partial charge in [-0.3, -0.25) is 9.78 Å². The molecule has 2 aromatic rings. The van der Waals surface area contributed by atoms with E-state index >= 15 is 0 Å². The second-order valence-electron chi connectivity index (χ2n) is 9.20. The number of rotatable bonds is 5. The Morgan fingerprint density at radius 3 is 2.34 bits per heavy atom. The lowest BCUT2D eigenvalue weighted by molar-refractivity contribution is -0.125. The highest BCUT2D eigenvalue weighted by atomic mass is 16.1. The Hall–Kier alpha value is -2.43. The van der Waals surface area contributed by atoms with E-state index in [0.717, 1.165) is 38.2 Å². The average Bonchev–Trinajstić information content (AvgIpc) is 2.70. The van der Waals surface area contributed by atoms with Gasteiger partial charge in [-0.1, -0.05) is 32.9 Å². The summed E-state index contributed by atoms with van der Waals surface area (Å²) in [6.07, 6.45) is 7.79. The summed E-state index contributed by atoms with van der Waals surface area (Å²) in [5.74, 6) is 1.18. The van der Waals surface area contributed by atoms with Gasteiger partial charge in [-0.2, -0.15) is 0 Å². The molecule has 0 bridgehead atoms. The van der Waals surface area contributed by atoms with Crippen LogP contribution in [0.25, 0.3) is 0 Å². The number of piperidine rings is 1. The highest BCUT2D eigenvalue weighted by Crippen LogP contribution is 2.27. The summed E-state index contributed by atoms with van der Waals surface area (Å²) in [7, 11) is 0. The minimum Gasteiger partial charge on any atom is -0.356 e. The number of aryl methyl sites for hydroxylation is 2. The maximum absolute atomic E-state index is 12.6. The Labute approximate surface area is 175 Å². The lowest BCUT2D eigenvalue weighted by Crippen LogP contribution is -2.41. The molecular formula is C24H34N4O. The van der Waals surface area contributed by atoms with Crippen LogP contribution in [-0.2, 0) is 16.6 Å². The number of amides is 1. The monoisotopic (exact) mass is 394 g/mol. The van der Waals surface area contributed by atoms with Crippen molar-refractivity contribution in [2.45, 2.75) is 59.3 Å². The number of carbonyl (C=O) groups excluding carboxylic acids is 1. The van der Waals surface area contributed by atoms with E-state index in [4.69, 9.17) is 0 Å². The van der Waals surface area contributed by atoms with Crippen LogP contribution in [0.15, 0.2) is 30.7 Å². The first-order valence-corrected chi connectivity index (χ1v) is 10.6. The van der Waals surface area contributed by atoms with Gasteiger partial charge >= 0.3 is 0 Å². The van der Waals surface area contributed by atoms with Crippen molar-refractivity contribution in [2.75, 3.05) is 24.5 Å². The van der Waals surface area contributed by atoms with Crippen LogP contribution >= 0.6 is 0 Å². The van der Waals surface area contributed by atoms with E-state index in [-0.39, 0.29) is 17.2 Å². The Morgan fingerprint density at radius 2 is 1.79 bits per heavy atom. The van der Waals surface area contributed by atoms with Gasteiger partial charge in [-0.05, 0) is 60.8 Å². The molecule has 2 heterocycles. The zero-order chi connectivity index (χ0) is 21.0. The Bertz CT molecular complexity index is 811. The molecule has 29 heavy (non-hydrogen) atoms. The van der Waals surface area contributed by atoms with Crippen molar-refractivity contribution < 1.29 is 4.79 Å². The maximum atomic E-state index is 12.6. The topological polar surface area (TPSA) is 58.1 Å². The first-order valence-electron chi connectivity index (χ1n) is 10.6. The SMILES string of the molecule is Cc1cc(C(C)(C)C)cc(C)c1CCNC(=O)C1CCN(c2cnccn2)CC1. The van der Waals surface area contributed by atoms with Gasteiger partial charge in [0.05, 0.1) is 6.20 Å². The second kappa shape index (κ2) is 8.93. The zero-order valence-corrected chi connectivity index (χ0v) is 18.5. The molecule has 0 saturated carbocycles. The molecule has 0 aliphatic carbocycles. The van der Waals surface area contributed by atoms with E-state index in [9.17, 15) is 4.79 Å². The van der Waals surface area contributed by atoms with Gasteiger partial charge < -0.3 is 10.2 Å². The van der Waals surface area contributed by atoms with Crippen molar-refractivity contribution >= 4 is 11.7 Å². The standard InChI is InChI=1S/C24H34N4O/c1-17-14-20(24(3,4)5)15-18(2)21(17)6-9-27-23(29)19-7-12-28(13-8-19)22-16-25-10-11-26-22/h10-11,14-16,19H,6-9,12-13H2,1-5H3,(H,27,29). The minimum absolute atomic E-state index is 0.0911. The van der Waals surface area contributed by atoms with E-state index in [2.05, 4.69) is 66.9 Å². The minimum atomic E-state index is 0.0911. The third-order valence-electron chi connectivity index (χ3n) is 5.98. The lowest BCUT2D eigenvalue weighted by Gasteiger charge is -2.31. The number of carbonyl (C=O) groups is 1. The number of hydrogen-bond donors (Lipinski definition) is 1. The molecule has 1 aliphatic heterocycles. The fourth-order valence-corrected chi connectivity index (χ4v) is 4.10. The summed E-state index contributed by atoms with van der Waals surface area (Å²) < 4.78 is 0. The van der Waals surface area contributed by atoms with E-state index in [1.165, 1.54) is 22.3 Å². The van der Waals surface area contributed by atoms with Gasteiger partial charge in [0.25, 0.3) is 0 Å². The number of benzene rings is 1. The van der Waals surface area contributed by atoms with Crippen molar-refractivity contribution in [3.05, 3.63) is 53.0 Å². The van der Waals surface area contributed by atoms with Crippen molar-refractivity contribution in [2.24, 2.45) is 5.92 Å². The van der Waals surface area contributed by atoms with Gasteiger partial charge in [0.2, 0.25) is 5.91 Å². The molecule has 1 N–H and O–H groups in total. The highest BCUT2D eigenvalue weighted by Gasteiger charge is 2.25. The molecule has 1 fully saturated rings. The molecule has 1 aromatic heterocycles. The van der Waals surface area contributed by atoms with E-state index in [1.54, 1.807) is 18.6 Å². The number of anilines is 1. The molecule has 0 radical (unpaired) electrons. The summed E-state index contributed by atoms with van der Waals surface area (Å²) in [6.45, 7) is 13.5. The van der Waals surface area contributed by atoms with Gasteiger partial charge in [-0.25, -0.2) is 4.98 Å². The molecule has 0 atom stereocenters. The van der Waals surface area contributed by atoms with Crippen molar-refractivity contribution in [1.82, 2.24) is 15.3 Å². The van der Waals surface area contributed by atoms with Crippen LogP contribution in [0.2, 0.25) is 0 Å². The van der Waals surface area contributed by atoms with Crippen LogP contribution < -0.4 is 10.2 Å². The predicted molar refractivity (Wildman–Crippen MR) is 118 cm³/mol. The number of nitrogens with one attached hydrogen (secondary N) is 1. The quantitative estimate of drug-likeness (QED) is 0.834. The van der Waals surface area contributed by atoms with E-state index in [0.29, 0.717) is 6.54 Å². The van der Waals surface area contributed by atoms with Gasteiger partial charge in [-0.15, -0.1) is 0 Å². The molecule has 1 aliphatic rings. The van der Waals surface area contributed by atoms with Gasteiger partial charge in [0.15, 0.2) is 0 Å². The molecule has 5 nitrogen and oxygen atoms in total. The van der Waals surface area contributed by atoms with Crippen molar-refractivity contribution in [3.8, 4) is 0 Å². The number of hydrogen-bond acceptors (Lipinski definition) is 4. The number of nitrogens with zero attached hydrogens (tertiary/aromatic N) is 3. The third-order valence-corrected chi connectivity index (χ3v) is 5.98. The number of aromatic nitrogens is 2. The van der Waals surface area contributed by atoms with Gasteiger partial charge in [0.1, 0.15) is 5.82 Å². The van der Waals surface area contributed by atoms with Crippen LogP contribution in [-0.4, -0.2) is 35.5 Å². The van der Waals surface area contributed by atoms with E-state index < -0.39 is 0 Å². The molecule has 3 rings (SSSR count). The molecule has 1 amide bonds. The Kier molecular flexibility index (Phi) is 6.56. The first kappa shape index (κ1) is 21.3. The largest absolute Gasteiger partial charge is 0.356 e. The smallest absolute Gasteiger partial charge is 0.223 e. The Balaban J connectivity index is 1.49. The van der Waals surface area contributed by atoms with Crippen molar-refractivity contribution in [1.29, 1.82) is 0 Å².